The minimum absolute atomic E-state index is 0.0309. The van der Waals surface area contributed by atoms with E-state index in [1.807, 2.05) is 0 Å². The fourth-order valence-electron chi connectivity index (χ4n) is 1.54. The summed E-state index contributed by atoms with van der Waals surface area (Å²) in [5, 5.41) is 22.4. The van der Waals surface area contributed by atoms with Crippen LogP contribution in [0.4, 0.5) is 11.4 Å². The van der Waals surface area contributed by atoms with Gasteiger partial charge in [-0.2, -0.15) is 0 Å². The zero-order valence-corrected chi connectivity index (χ0v) is 11.7. The molecule has 20 heavy (non-hydrogen) atoms. The predicted octanol–water partition coefficient (Wildman–Crippen LogP) is 1.27. The number of aliphatic carboxylic acids is 1. The first-order valence-corrected chi connectivity index (χ1v) is 7.53. The van der Waals surface area contributed by atoms with E-state index in [9.17, 15) is 23.3 Å². The summed E-state index contributed by atoms with van der Waals surface area (Å²) in [6.07, 6.45) is 1.16. The molecule has 0 spiro atoms. The predicted molar refractivity (Wildman–Crippen MR) is 71.5 cm³/mol. The van der Waals surface area contributed by atoms with Crippen molar-refractivity contribution in [2.24, 2.45) is 0 Å². The quantitative estimate of drug-likeness (QED) is 0.598. The van der Waals surface area contributed by atoms with E-state index in [1.165, 1.54) is 12.1 Å². The average Bonchev–Trinajstić information content (AvgIpc) is 2.34. The summed E-state index contributed by atoms with van der Waals surface area (Å²) >= 11 is 0. The number of nitro groups is 1. The molecule has 0 aliphatic rings. The van der Waals surface area contributed by atoms with Crippen molar-refractivity contribution in [3.63, 3.8) is 0 Å². The van der Waals surface area contributed by atoms with Crippen LogP contribution in [0.1, 0.15) is 13.3 Å². The summed E-state index contributed by atoms with van der Waals surface area (Å²) in [5.74, 6) is -1.14. The van der Waals surface area contributed by atoms with E-state index in [0.717, 1.165) is 12.3 Å². The van der Waals surface area contributed by atoms with Crippen LogP contribution in [0.15, 0.2) is 23.1 Å². The number of rotatable bonds is 6. The second kappa shape index (κ2) is 5.87. The van der Waals surface area contributed by atoms with E-state index >= 15 is 0 Å². The maximum atomic E-state index is 11.4. The highest BCUT2D eigenvalue weighted by Crippen LogP contribution is 2.28. The number of sulfone groups is 1. The van der Waals surface area contributed by atoms with E-state index in [1.54, 1.807) is 6.92 Å². The summed E-state index contributed by atoms with van der Waals surface area (Å²) < 4.78 is 22.7. The fourth-order valence-corrected chi connectivity index (χ4v) is 2.18. The van der Waals surface area contributed by atoms with Gasteiger partial charge in [0.2, 0.25) is 0 Å². The molecule has 0 bridgehead atoms. The Hall–Kier alpha value is -2.16. The van der Waals surface area contributed by atoms with Crippen LogP contribution in [0, 0.1) is 10.1 Å². The van der Waals surface area contributed by atoms with Gasteiger partial charge in [0.15, 0.2) is 9.84 Å². The van der Waals surface area contributed by atoms with Crippen LogP contribution in [0.5, 0.6) is 0 Å². The second-order valence-corrected chi connectivity index (χ2v) is 6.17. The van der Waals surface area contributed by atoms with Gasteiger partial charge in [0.05, 0.1) is 9.82 Å². The molecular weight excluding hydrogens is 288 g/mol. The molecule has 8 nitrogen and oxygen atoms in total. The van der Waals surface area contributed by atoms with Crippen molar-refractivity contribution in [1.29, 1.82) is 0 Å². The number of hydrogen-bond acceptors (Lipinski definition) is 6. The first-order valence-electron chi connectivity index (χ1n) is 5.64. The molecule has 1 unspecified atom stereocenters. The molecule has 1 rings (SSSR count). The van der Waals surface area contributed by atoms with Gasteiger partial charge < -0.3 is 10.4 Å². The Bertz CT molecular complexity index is 640. The van der Waals surface area contributed by atoms with Crippen LogP contribution < -0.4 is 5.32 Å². The van der Waals surface area contributed by atoms with Crippen molar-refractivity contribution in [2.75, 3.05) is 11.6 Å². The number of carbonyl (C=O) groups is 1. The molecule has 0 saturated carbocycles. The molecule has 1 aromatic carbocycles. The van der Waals surface area contributed by atoms with Crippen LogP contribution in [-0.2, 0) is 14.6 Å². The van der Waals surface area contributed by atoms with Gasteiger partial charge in [-0.3, -0.25) is 10.1 Å². The molecule has 0 heterocycles. The number of nitrogens with one attached hydrogen (secondary N) is 1. The molecule has 0 aliphatic carbocycles. The number of benzene rings is 1. The van der Waals surface area contributed by atoms with Crippen LogP contribution >= 0.6 is 0 Å². The first-order chi connectivity index (χ1) is 9.16. The van der Waals surface area contributed by atoms with Gasteiger partial charge in [-0.05, 0) is 18.6 Å². The lowest BCUT2D eigenvalue weighted by Gasteiger charge is -2.14. The third kappa shape index (κ3) is 3.67. The van der Waals surface area contributed by atoms with Crippen molar-refractivity contribution in [2.45, 2.75) is 24.3 Å². The Labute approximate surface area is 115 Å². The normalized spacial score (nSPS) is 12.7. The molecular formula is C11H14N2O6S. The van der Waals surface area contributed by atoms with E-state index < -0.39 is 32.5 Å². The Kier molecular flexibility index (Phi) is 4.66. The summed E-state index contributed by atoms with van der Waals surface area (Å²) in [7, 11) is -3.57. The Morgan fingerprint density at radius 3 is 2.50 bits per heavy atom. The van der Waals surface area contributed by atoms with Crippen LogP contribution in [0.25, 0.3) is 0 Å². The maximum absolute atomic E-state index is 11.4. The summed E-state index contributed by atoms with van der Waals surface area (Å²) in [6.45, 7) is 1.61. The largest absolute Gasteiger partial charge is 0.480 e. The number of carboxylic acid groups (broad SMARTS) is 1. The average molecular weight is 302 g/mol. The van der Waals surface area contributed by atoms with Crippen molar-refractivity contribution in [3.05, 3.63) is 28.3 Å². The molecule has 9 heteroatoms. The fraction of sp³-hybridized carbons (Fsp3) is 0.364. The third-order valence-electron chi connectivity index (χ3n) is 2.63. The van der Waals surface area contributed by atoms with Gasteiger partial charge in [-0.1, -0.05) is 6.92 Å². The van der Waals surface area contributed by atoms with Crippen molar-refractivity contribution in [1.82, 2.24) is 0 Å². The van der Waals surface area contributed by atoms with Gasteiger partial charge in [-0.25, -0.2) is 13.2 Å². The van der Waals surface area contributed by atoms with Gasteiger partial charge in [0, 0.05) is 12.3 Å². The number of nitrogens with zero attached hydrogens (tertiary/aromatic N) is 1. The van der Waals surface area contributed by atoms with Crippen LogP contribution in [0.3, 0.4) is 0 Å². The van der Waals surface area contributed by atoms with Gasteiger partial charge in [-0.15, -0.1) is 0 Å². The number of nitro benzene ring substituents is 1. The molecule has 1 atom stereocenters. The maximum Gasteiger partial charge on any atom is 0.326 e. The molecule has 0 aromatic heterocycles. The van der Waals surface area contributed by atoms with Gasteiger partial charge >= 0.3 is 5.97 Å². The molecule has 0 saturated heterocycles. The number of hydrogen-bond donors (Lipinski definition) is 2. The number of anilines is 1. The summed E-state index contributed by atoms with van der Waals surface area (Å²) in [6, 6.07) is 2.31. The first kappa shape index (κ1) is 15.9. The van der Waals surface area contributed by atoms with E-state index in [2.05, 4.69) is 5.32 Å². The van der Waals surface area contributed by atoms with Crippen molar-refractivity contribution in [3.8, 4) is 0 Å². The number of carboxylic acids is 1. The lowest BCUT2D eigenvalue weighted by molar-refractivity contribution is -0.384. The zero-order valence-electron chi connectivity index (χ0n) is 10.9. The molecule has 0 aliphatic heterocycles. The summed E-state index contributed by atoms with van der Waals surface area (Å²) in [5.41, 5.74) is -0.510. The molecule has 0 fully saturated rings. The molecule has 0 amide bonds. The SMILES string of the molecule is CCC(Nc1ccc(S(C)(=O)=O)cc1[N+](=O)[O-])C(=O)O. The van der Waals surface area contributed by atoms with E-state index in [4.69, 9.17) is 5.11 Å². The molecule has 2 N–H and O–H groups in total. The van der Waals surface area contributed by atoms with Gasteiger partial charge in [0.1, 0.15) is 11.7 Å². The highest BCUT2D eigenvalue weighted by molar-refractivity contribution is 7.90. The van der Waals surface area contributed by atoms with Gasteiger partial charge in [0.25, 0.3) is 5.69 Å². The molecule has 1 aromatic rings. The Balaban J connectivity index is 3.27. The minimum Gasteiger partial charge on any atom is -0.480 e. The highest BCUT2D eigenvalue weighted by atomic mass is 32.2. The minimum atomic E-state index is -3.57. The van der Waals surface area contributed by atoms with Crippen molar-refractivity contribution >= 4 is 27.2 Å². The van der Waals surface area contributed by atoms with Crippen LogP contribution in [0.2, 0.25) is 0 Å². The lowest BCUT2D eigenvalue weighted by Crippen LogP contribution is -2.28. The molecule has 110 valence electrons. The summed E-state index contributed by atoms with van der Waals surface area (Å²) in [4.78, 5) is 20.9. The Morgan fingerprint density at radius 1 is 1.50 bits per heavy atom. The van der Waals surface area contributed by atoms with Crippen LogP contribution in [-0.4, -0.2) is 36.7 Å². The smallest absolute Gasteiger partial charge is 0.326 e. The van der Waals surface area contributed by atoms with E-state index in [-0.39, 0.29) is 17.0 Å². The lowest BCUT2D eigenvalue weighted by atomic mass is 10.2. The topological polar surface area (TPSA) is 127 Å². The highest BCUT2D eigenvalue weighted by Gasteiger charge is 2.22. The monoisotopic (exact) mass is 302 g/mol. The third-order valence-corrected chi connectivity index (χ3v) is 3.74. The second-order valence-electron chi connectivity index (χ2n) is 4.15. The van der Waals surface area contributed by atoms with Crippen molar-refractivity contribution < 1.29 is 23.2 Å². The standard InChI is InChI=1S/C11H14N2O6S/c1-3-8(11(14)15)12-9-5-4-7(20(2,18)19)6-10(9)13(16)17/h4-6,8,12H,3H2,1-2H3,(H,14,15). The molecule has 0 radical (unpaired) electrons. The zero-order chi connectivity index (χ0) is 15.5. The van der Waals surface area contributed by atoms with E-state index in [0.29, 0.717) is 0 Å². The Morgan fingerprint density at radius 2 is 2.10 bits per heavy atom.